The van der Waals surface area contributed by atoms with Crippen LogP contribution >= 0.6 is 0 Å². The lowest BCUT2D eigenvalue weighted by Gasteiger charge is -2.34. The standard InChI is InChI=1S/C25H27N9O2/c1-31-29-24-17-4-2-5-18(23(17)36-11-10-34(24)30-31)28-25(35)19-12-21(22(13-26-19)32-8-3-9-32)33-14-20(27-15-33)16-6-7-16/h2,4-5,12-16,30H,3,6-11H2,1H3,(H,28,35). The normalized spacial score (nSPS) is 18.6. The van der Waals surface area contributed by atoms with Gasteiger partial charge in [0.1, 0.15) is 12.3 Å². The van der Waals surface area contributed by atoms with Crippen molar-refractivity contribution in [1.82, 2.24) is 30.2 Å². The molecule has 1 aromatic carbocycles. The molecule has 1 saturated heterocycles. The summed E-state index contributed by atoms with van der Waals surface area (Å²) in [6.07, 6.45) is 9.28. The molecule has 3 aliphatic heterocycles. The fourth-order valence-electron chi connectivity index (χ4n) is 4.82. The number of benzene rings is 1. The molecule has 11 heteroatoms. The molecule has 5 heterocycles. The first-order valence-corrected chi connectivity index (χ1v) is 12.4. The van der Waals surface area contributed by atoms with E-state index >= 15 is 0 Å². The number of fused-ring (bicyclic) bond motifs is 3. The molecule has 0 unspecified atom stereocenters. The molecule has 4 aliphatic rings. The maximum atomic E-state index is 13.4. The fraction of sp³-hybridized carbons (Fsp3) is 0.360. The monoisotopic (exact) mass is 485 g/mol. The van der Waals surface area contributed by atoms with E-state index in [0.29, 0.717) is 36.2 Å². The number of pyridine rings is 1. The second-order valence-corrected chi connectivity index (χ2v) is 9.56. The quantitative estimate of drug-likeness (QED) is 0.568. The molecule has 1 saturated carbocycles. The number of nitrogens with zero attached hydrogens (tertiary/aromatic N) is 7. The van der Waals surface area contributed by atoms with Crippen LogP contribution in [0.4, 0.5) is 11.4 Å². The number of rotatable bonds is 5. The number of nitrogens with one attached hydrogen (secondary N) is 2. The first-order valence-electron chi connectivity index (χ1n) is 12.4. The lowest BCUT2D eigenvalue weighted by molar-refractivity contribution is 0.102. The van der Waals surface area contributed by atoms with Gasteiger partial charge in [-0.15, -0.1) is 10.6 Å². The van der Waals surface area contributed by atoms with Gasteiger partial charge in [0.2, 0.25) is 0 Å². The van der Waals surface area contributed by atoms with Gasteiger partial charge >= 0.3 is 0 Å². The molecule has 1 amide bonds. The van der Waals surface area contributed by atoms with Crippen LogP contribution in [0, 0.1) is 0 Å². The van der Waals surface area contributed by atoms with E-state index in [9.17, 15) is 4.79 Å². The fourth-order valence-corrected chi connectivity index (χ4v) is 4.82. The van der Waals surface area contributed by atoms with Gasteiger partial charge in [0, 0.05) is 32.3 Å². The molecular weight excluding hydrogens is 458 g/mol. The minimum Gasteiger partial charge on any atom is -0.489 e. The Bertz CT molecular complexity index is 1380. The van der Waals surface area contributed by atoms with Gasteiger partial charge in [0.05, 0.1) is 47.4 Å². The summed E-state index contributed by atoms with van der Waals surface area (Å²) in [6.45, 7) is 3.06. The molecule has 36 heavy (non-hydrogen) atoms. The van der Waals surface area contributed by atoms with Crippen molar-refractivity contribution in [3.8, 4) is 11.4 Å². The van der Waals surface area contributed by atoms with Crippen molar-refractivity contribution in [2.45, 2.75) is 25.2 Å². The van der Waals surface area contributed by atoms with Crippen LogP contribution in [0.5, 0.6) is 5.75 Å². The minimum atomic E-state index is -0.296. The zero-order chi connectivity index (χ0) is 24.2. The SMILES string of the molecule is CN1N=C2c3cccc(NC(=O)c4cc(-n5cnc(C6CC6)c5)c(N5CCC5)cn4)c3OCCN2N1. The van der Waals surface area contributed by atoms with Crippen LogP contribution in [0.1, 0.15) is 46.9 Å². The summed E-state index contributed by atoms with van der Waals surface area (Å²) >= 11 is 0. The maximum absolute atomic E-state index is 13.4. The van der Waals surface area contributed by atoms with Crippen molar-refractivity contribution in [2.24, 2.45) is 5.10 Å². The maximum Gasteiger partial charge on any atom is 0.274 e. The van der Waals surface area contributed by atoms with Gasteiger partial charge in [-0.25, -0.2) is 15.1 Å². The summed E-state index contributed by atoms with van der Waals surface area (Å²) in [5.41, 5.74) is 7.94. The molecule has 11 nitrogen and oxygen atoms in total. The zero-order valence-electron chi connectivity index (χ0n) is 20.0. The number of imidazole rings is 1. The number of anilines is 2. The van der Waals surface area contributed by atoms with Crippen molar-refractivity contribution in [3.63, 3.8) is 0 Å². The van der Waals surface area contributed by atoms with E-state index in [-0.39, 0.29) is 5.91 Å². The van der Waals surface area contributed by atoms with E-state index in [4.69, 9.17) is 4.74 Å². The molecule has 0 bridgehead atoms. The van der Waals surface area contributed by atoms with E-state index in [1.165, 1.54) is 12.8 Å². The number of amides is 1. The molecule has 2 aromatic heterocycles. The molecule has 0 spiro atoms. The summed E-state index contributed by atoms with van der Waals surface area (Å²) in [7, 11) is 1.84. The largest absolute Gasteiger partial charge is 0.489 e. The van der Waals surface area contributed by atoms with Crippen molar-refractivity contribution in [3.05, 3.63) is 59.9 Å². The molecule has 184 valence electrons. The van der Waals surface area contributed by atoms with Crippen LogP contribution < -0.4 is 20.5 Å². The Kier molecular flexibility index (Phi) is 4.84. The Labute approximate surface area is 208 Å². The van der Waals surface area contributed by atoms with Crippen molar-refractivity contribution in [1.29, 1.82) is 0 Å². The van der Waals surface area contributed by atoms with E-state index in [0.717, 1.165) is 48.0 Å². The van der Waals surface area contributed by atoms with Gasteiger partial charge in [-0.1, -0.05) is 6.07 Å². The summed E-state index contributed by atoms with van der Waals surface area (Å²) < 4.78 is 8.07. The van der Waals surface area contributed by atoms with Gasteiger partial charge in [0.25, 0.3) is 5.91 Å². The molecular formula is C25H27N9O2. The molecule has 7 rings (SSSR count). The first-order chi connectivity index (χ1) is 17.6. The molecule has 0 atom stereocenters. The number of amidine groups is 1. The molecule has 1 aliphatic carbocycles. The molecule has 0 radical (unpaired) electrons. The second-order valence-electron chi connectivity index (χ2n) is 9.56. The Balaban J connectivity index is 1.21. The number of hydrazone groups is 1. The van der Waals surface area contributed by atoms with Crippen molar-refractivity contribution in [2.75, 3.05) is 43.5 Å². The average molecular weight is 486 g/mol. The molecule has 3 aromatic rings. The minimum absolute atomic E-state index is 0.296. The van der Waals surface area contributed by atoms with Gasteiger partial charge in [-0.05, 0) is 37.5 Å². The Morgan fingerprint density at radius 2 is 2.06 bits per heavy atom. The zero-order valence-corrected chi connectivity index (χ0v) is 20.0. The third-order valence-electron chi connectivity index (χ3n) is 7.00. The summed E-state index contributed by atoms with van der Waals surface area (Å²) in [4.78, 5) is 24.8. The summed E-state index contributed by atoms with van der Waals surface area (Å²) in [6, 6.07) is 7.52. The molecule has 2 fully saturated rings. The Hall–Kier alpha value is -4.12. The van der Waals surface area contributed by atoms with Gasteiger partial charge in [-0.3, -0.25) is 9.80 Å². The van der Waals surface area contributed by atoms with Crippen LogP contribution in [0.15, 0.2) is 48.1 Å². The van der Waals surface area contributed by atoms with Crippen molar-refractivity contribution < 1.29 is 9.53 Å². The smallest absolute Gasteiger partial charge is 0.274 e. The van der Waals surface area contributed by atoms with Gasteiger partial charge in [0.15, 0.2) is 11.6 Å². The number of para-hydroxylation sites is 1. The average Bonchev–Trinajstić information content (AvgIpc) is 3.50. The highest BCUT2D eigenvalue weighted by Crippen LogP contribution is 2.40. The van der Waals surface area contributed by atoms with E-state index in [1.54, 1.807) is 11.3 Å². The number of aromatic nitrogens is 3. The number of carbonyl (C=O) groups is 1. The summed E-state index contributed by atoms with van der Waals surface area (Å²) in [5.74, 6) is 1.62. The highest BCUT2D eigenvalue weighted by Gasteiger charge is 2.30. The van der Waals surface area contributed by atoms with Crippen LogP contribution in [0.25, 0.3) is 5.69 Å². The van der Waals surface area contributed by atoms with Gasteiger partial charge < -0.3 is 19.5 Å². The predicted molar refractivity (Wildman–Crippen MR) is 134 cm³/mol. The number of hydrogen-bond donors (Lipinski definition) is 2. The number of ether oxygens (including phenoxy) is 1. The number of carbonyl (C=O) groups excluding carboxylic acids is 1. The van der Waals surface area contributed by atoms with Crippen molar-refractivity contribution >= 4 is 23.1 Å². The highest BCUT2D eigenvalue weighted by molar-refractivity contribution is 6.08. The van der Waals surface area contributed by atoms with E-state index in [1.807, 2.05) is 47.2 Å². The van der Waals surface area contributed by atoms with Crippen LogP contribution in [-0.2, 0) is 0 Å². The van der Waals surface area contributed by atoms with Crippen LogP contribution in [0.2, 0.25) is 0 Å². The third-order valence-corrected chi connectivity index (χ3v) is 7.00. The van der Waals surface area contributed by atoms with Crippen LogP contribution in [0.3, 0.4) is 0 Å². The topological polar surface area (TPSA) is 103 Å². The third kappa shape index (κ3) is 3.63. The van der Waals surface area contributed by atoms with Crippen LogP contribution in [-0.4, -0.2) is 69.7 Å². The molecule has 2 N–H and O–H groups in total. The number of hydrazine groups is 2. The van der Waals surface area contributed by atoms with Gasteiger partial charge in [-0.2, -0.15) is 0 Å². The van der Waals surface area contributed by atoms with E-state index < -0.39 is 0 Å². The predicted octanol–water partition coefficient (Wildman–Crippen LogP) is 2.33. The second kappa shape index (κ2) is 8.23. The summed E-state index contributed by atoms with van der Waals surface area (Å²) in [5, 5.41) is 11.2. The highest BCUT2D eigenvalue weighted by atomic mass is 16.5. The Morgan fingerprint density at radius 1 is 1.17 bits per heavy atom. The van der Waals surface area contributed by atoms with E-state index in [2.05, 4.69) is 37.0 Å². The Morgan fingerprint density at radius 3 is 2.86 bits per heavy atom. The lowest BCUT2D eigenvalue weighted by Crippen LogP contribution is -2.42. The lowest BCUT2D eigenvalue weighted by atomic mass is 10.1. The number of hydrogen-bond acceptors (Lipinski definition) is 9. The first kappa shape index (κ1) is 21.2.